The number of rotatable bonds is 0. The molecule has 16 heavy (non-hydrogen) atoms. The lowest BCUT2D eigenvalue weighted by Gasteiger charge is -2.26. The molecule has 0 radical (unpaired) electrons. The lowest BCUT2D eigenvalue weighted by Crippen LogP contribution is -2.37. The Bertz CT molecular complexity index is 441. The van der Waals surface area contributed by atoms with Crippen molar-refractivity contribution >= 4 is 17.3 Å². The van der Waals surface area contributed by atoms with Gasteiger partial charge in [0, 0.05) is 13.6 Å². The van der Waals surface area contributed by atoms with Crippen molar-refractivity contribution < 1.29 is 9.90 Å². The Hall–Kier alpha value is -1.71. The number of para-hydroxylation sites is 1. The zero-order chi connectivity index (χ0) is 11.9. The molecule has 1 aliphatic rings. The maximum absolute atomic E-state index is 11.9. The highest BCUT2D eigenvalue weighted by Crippen LogP contribution is 2.38. The van der Waals surface area contributed by atoms with E-state index in [1.54, 1.807) is 12.1 Å². The van der Waals surface area contributed by atoms with Crippen LogP contribution in [0.25, 0.3) is 0 Å². The van der Waals surface area contributed by atoms with Crippen LogP contribution in [0.5, 0.6) is 5.75 Å². The molecule has 0 spiro atoms. The standard InChI is InChI=1S/C12H16N2O2/c1-12(2)7-14(3)8-5-4-6-9(15)10(8)13-11(12)16/h4-6,15H,7H2,1-3H3,(H,13,16). The number of carbonyl (C=O) groups excluding carboxylic acids is 1. The summed E-state index contributed by atoms with van der Waals surface area (Å²) in [7, 11) is 1.92. The van der Waals surface area contributed by atoms with Crippen molar-refractivity contribution in [3.05, 3.63) is 18.2 Å². The fourth-order valence-corrected chi connectivity index (χ4v) is 2.01. The molecule has 1 amide bonds. The molecule has 1 heterocycles. The number of aromatic hydroxyl groups is 1. The Labute approximate surface area is 94.9 Å². The first-order chi connectivity index (χ1) is 7.42. The van der Waals surface area contributed by atoms with Crippen molar-refractivity contribution in [2.45, 2.75) is 13.8 Å². The normalized spacial score (nSPS) is 18.7. The third-order valence-electron chi connectivity index (χ3n) is 2.92. The topological polar surface area (TPSA) is 52.6 Å². The van der Waals surface area contributed by atoms with Crippen LogP contribution in [0, 0.1) is 5.41 Å². The van der Waals surface area contributed by atoms with Gasteiger partial charge in [0.15, 0.2) is 0 Å². The van der Waals surface area contributed by atoms with E-state index in [1.807, 2.05) is 31.9 Å². The maximum Gasteiger partial charge on any atom is 0.231 e. The molecule has 0 aliphatic carbocycles. The molecule has 0 bridgehead atoms. The molecule has 0 saturated carbocycles. The van der Waals surface area contributed by atoms with E-state index in [9.17, 15) is 9.90 Å². The average molecular weight is 220 g/mol. The highest BCUT2D eigenvalue weighted by Gasteiger charge is 2.34. The summed E-state index contributed by atoms with van der Waals surface area (Å²) in [6, 6.07) is 5.23. The summed E-state index contributed by atoms with van der Waals surface area (Å²) in [6.07, 6.45) is 0. The molecular formula is C12H16N2O2. The molecule has 0 fully saturated rings. The molecule has 4 heteroatoms. The summed E-state index contributed by atoms with van der Waals surface area (Å²) < 4.78 is 0. The zero-order valence-corrected chi connectivity index (χ0v) is 9.74. The highest BCUT2D eigenvalue weighted by molar-refractivity contribution is 6.01. The fourth-order valence-electron chi connectivity index (χ4n) is 2.01. The predicted octanol–water partition coefficient (Wildman–Crippen LogP) is 1.81. The number of phenolic OH excluding ortho intramolecular Hbond substituents is 1. The fraction of sp³-hybridized carbons (Fsp3) is 0.417. The number of hydrogen-bond donors (Lipinski definition) is 2. The van der Waals surface area contributed by atoms with Gasteiger partial charge in [0.25, 0.3) is 0 Å². The number of nitrogens with one attached hydrogen (secondary N) is 1. The minimum Gasteiger partial charge on any atom is -0.506 e. The van der Waals surface area contributed by atoms with Crippen LogP contribution in [0.4, 0.5) is 11.4 Å². The van der Waals surface area contributed by atoms with Crippen LogP contribution in [0.15, 0.2) is 18.2 Å². The second-order valence-corrected chi connectivity index (χ2v) is 4.87. The smallest absolute Gasteiger partial charge is 0.231 e. The van der Waals surface area contributed by atoms with Gasteiger partial charge in [-0.2, -0.15) is 0 Å². The van der Waals surface area contributed by atoms with E-state index >= 15 is 0 Å². The van der Waals surface area contributed by atoms with Gasteiger partial charge in [0.1, 0.15) is 11.4 Å². The van der Waals surface area contributed by atoms with Gasteiger partial charge in [0.2, 0.25) is 5.91 Å². The van der Waals surface area contributed by atoms with Crippen molar-refractivity contribution in [1.29, 1.82) is 0 Å². The number of carbonyl (C=O) groups is 1. The monoisotopic (exact) mass is 220 g/mol. The molecule has 2 N–H and O–H groups in total. The minimum atomic E-state index is -0.472. The van der Waals surface area contributed by atoms with Crippen molar-refractivity contribution in [2.24, 2.45) is 5.41 Å². The molecule has 0 atom stereocenters. The van der Waals surface area contributed by atoms with Crippen LogP contribution in [-0.4, -0.2) is 24.6 Å². The van der Waals surface area contributed by atoms with E-state index in [0.717, 1.165) is 5.69 Å². The number of benzene rings is 1. The Balaban J connectivity index is 2.53. The molecule has 0 unspecified atom stereocenters. The Morgan fingerprint density at radius 3 is 2.81 bits per heavy atom. The van der Waals surface area contributed by atoms with Gasteiger partial charge in [-0.25, -0.2) is 0 Å². The molecular weight excluding hydrogens is 204 g/mol. The second-order valence-electron chi connectivity index (χ2n) is 4.87. The molecule has 2 rings (SSSR count). The summed E-state index contributed by atoms with van der Waals surface area (Å²) in [5.74, 6) is 0.0370. The zero-order valence-electron chi connectivity index (χ0n) is 9.74. The van der Waals surface area contributed by atoms with E-state index in [0.29, 0.717) is 12.2 Å². The first-order valence-corrected chi connectivity index (χ1v) is 5.26. The molecule has 0 saturated heterocycles. The molecule has 4 nitrogen and oxygen atoms in total. The van der Waals surface area contributed by atoms with Crippen LogP contribution in [-0.2, 0) is 4.79 Å². The van der Waals surface area contributed by atoms with Crippen molar-refractivity contribution in [3.63, 3.8) is 0 Å². The highest BCUT2D eigenvalue weighted by atomic mass is 16.3. The van der Waals surface area contributed by atoms with Crippen molar-refractivity contribution in [2.75, 3.05) is 23.8 Å². The number of nitrogens with zero attached hydrogens (tertiary/aromatic N) is 1. The van der Waals surface area contributed by atoms with Crippen LogP contribution in [0.2, 0.25) is 0 Å². The van der Waals surface area contributed by atoms with Gasteiger partial charge in [-0.1, -0.05) is 6.07 Å². The second kappa shape index (κ2) is 3.40. The molecule has 1 aliphatic heterocycles. The number of phenols is 1. The third kappa shape index (κ3) is 1.60. The third-order valence-corrected chi connectivity index (χ3v) is 2.92. The maximum atomic E-state index is 11.9. The molecule has 1 aromatic carbocycles. The summed E-state index contributed by atoms with van der Waals surface area (Å²) in [4.78, 5) is 13.9. The Kier molecular flexibility index (Phi) is 2.30. The number of amides is 1. The van der Waals surface area contributed by atoms with Crippen molar-refractivity contribution in [1.82, 2.24) is 0 Å². The SMILES string of the molecule is CN1CC(C)(C)C(=O)Nc2c(O)cccc21. The molecule has 1 aromatic rings. The van der Waals surface area contributed by atoms with Gasteiger partial charge < -0.3 is 15.3 Å². The van der Waals surface area contributed by atoms with Gasteiger partial charge in [-0.15, -0.1) is 0 Å². The number of anilines is 2. The van der Waals surface area contributed by atoms with Crippen LogP contribution in [0.1, 0.15) is 13.8 Å². The predicted molar refractivity (Wildman–Crippen MR) is 63.8 cm³/mol. The van der Waals surface area contributed by atoms with E-state index in [4.69, 9.17) is 0 Å². The lowest BCUT2D eigenvalue weighted by molar-refractivity contribution is -0.123. The van der Waals surface area contributed by atoms with Gasteiger partial charge >= 0.3 is 0 Å². The largest absolute Gasteiger partial charge is 0.506 e. The first kappa shape index (κ1) is 10.8. The van der Waals surface area contributed by atoms with Crippen LogP contribution >= 0.6 is 0 Å². The lowest BCUT2D eigenvalue weighted by atomic mass is 9.92. The minimum absolute atomic E-state index is 0.0698. The average Bonchev–Trinajstić information content (AvgIpc) is 2.26. The van der Waals surface area contributed by atoms with Gasteiger partial charge in [0.05, 0.1) is 11.1 Å². The van der Waals surface area contributed by atoms with E-state index in [1.165, 1.54) is 0 Å². The van der Waals surface area contributed by atoms with Crippen LogP contribution in [0.3, 0.4) is 0 Å². The molecule has 0 aromatic heterocycles. The summed E-state index contributed by atoms with van der Waals surface area (Å²) in [5, 5.41) is 12.5. The van der Waals surface area contributed by atoms with Crippen LogP contribution < -0.4 is 10.2 Å². The first-order valence-electron chi connectivity index (χ1n) is 5.26. The quantitative estimate of drug-likeness (QED) is 0.655. The Morgan fingerprint density at radius 2 is 2.12 bits per heavy atom. The number of hydrogen-bond acceptors (Lipinski definition) is 3. The van der Waals surface area contributed by atoms with E-state index in [-0.39, 0.29) is 11.7 Å². The summed E-state index contributed by atoms with van der Waals surface area (Å²) in [5.41, 5.74) is 0.875. The molecule has 86 valence electrons. The summed E-state index contributed by atoms with van der Waals surface area (Å²) in [6.45, 7) is 4.40. The summed E-state index contributed by atoms with van der Waals surface area (Å²) >= 11 is 0. The number of fused-ring (bicyclic) bond motifs is 1. The van der Waals surface area contributed by atoms with E-state index in [2.05, 4.69) is 5.32 Å². The van der Waals surface area contributed by atoms with Gasteiger partial charge in [-0.3, -0.25) is 4.79 Å². The Morgan fingerprint density at radius 1 is 1.44 bits per heavy atom. The van der Waals surface area contributed by atoms with E-state index < -0.39 is 5.41 Å². The van der Waals surface area contributed by atoms with Crippen molar-refractivity contribution in [3.8, 4) is 5.75 Å². The van der Waals surface area contributed by atoms with Gasteiger partial charge in [-0.05, 0) is 26.0 Å².